The fraction of sp³-hybridized carbons (Fsp3) is 1.00. The van der Waals surface area contributed by atoms with E-state index in [9.17, 15) is 0 Å². The van der Waals surface area contributed by atoms with Gasteiger partial charge in [0.2, 0.25) is 0 Å². The molecule has 2 radical (unpaired) electrons. The number of hydrogen-bond acceptors (Lipinski definition) is 2. The molecule has 5 heteroatoms. The summed E-state index contributed by atoms with van der Waals surface area (Å²) in [6.45, 7) is 1.55. The first kappa shape index (κ1) is 13.4. The van der Waals surface area contributed by atoms with E-state index in [1.54, 1.807) is 0 Å². The van der Waals surface area contributed by atoms with Crippen LogP contribution in [0.15, 0.2) is 0 Å². The zero-order valence-electron chi connectivity index (χ0n) is 5.24. The van der Waals surface area contributed by atoms with Gasteiger partial charge in [-0.3, -0.25) is 0 Å². The summed E-state index contributed by atoms with van der Waals surface area (Å²) in [5, 5.41) is 0. The van der Waals surface area contributed by atoms with Crippen molar-refractivity contribution < 1.29 is 0 Å². The van der Waals surface area contributed by atoms with Gasteiger partial charge in [-0.05, 0) is 25.9 Å². The molecule has 0 spiro atoms. The van der Waals surface area contributed by atoms with Gasteiger partial charge in [-0.25, -0.2) is 0 Å². The van der Waals surface area contributed by atoms with E-state index in [4.69, 9.17) is 11.5 Å². The predicted octanol–water partition coefficient (Wildman–Crippen LogP) is 0.994. The molecular weight excluding hydrogens is 443 g/mol. The van der Waals surface area contributed by atoms with Crippen LogP contribution in [0.5, 0.6) is 0 Å². The summed E-state index contributed by atoms with van der Waals surface area (Å²) in [5.74, 6) is 0. The van der Waals surface area contributed by atoms with Gasteiger partial charge in [0.05, 0.1) is 0 Å². The second-order valence-corrected chi connectivity index (χ2v) is 18.2. The Labute approximate surface area is 79.9 Å². The SMILES string of the molecule is NCCCCN.[Br][Pb][Br]. The molecule has 0 heterocycles. The summed E-state index contributed by atoms with van der Waals surface area (Å²) in [6, 6.07) is 0. The van der Waals surface area contributed by atoms with E-state index < -0.39 is 0 Å². The molecule has 0 aliphatic rings. The Morgan fingerprint density at radius 1 is 1.00 bits per heavy atom. The van der Waals surface area contributed by atoms with Crippen LogP contribution in [0.25, 0.3) is 0 Å². The molecule has 0 saturated carbocycles. The molecule has 0 fully saturated rings. The first-order valence-electron chi connectivity index (χ1n) is 2.69. The minimum absolute atomic E-state index is 0.292. The van der Waals surface area contributed by atoms with Gasteiger partial charge in [0, 0.05) is 0 Å². The first-order chi connectivity index (χ1) is 4.33. The van der Waals surface area contributed by atoms with Crippen LogP contribution in [0.4, 0.5) is 0 Å². The standard InChI is InChI=1S/C4H12N2.2BrH.Pb/c5-3-1-2-4-6;;;/h1-6H2;2*1H;/q;;;+2/p-2. The third kappa shape index (κ3) is 25.9. The molecule has 0 aromatic rings. The molecule has 0 saturated heterocycles. The number of rotatable bonds is 3. The number of nitrogens with two attached hydrogens (primary N) is 2. The van der Waals surface area contributed by atoms with Crippen LogP contribution >= 0.6 is 24.0 Å². The van der Waals surface area contributed by atoms with Crippen molar-refractivity contribution in [2.45, 2.75) is 12.8 Å². The molecule has 0 bridgehead atoms. The topological polar surface area (TPSA) is 52.0 Å². The molecule has 56 valence electrons. The normalized spacial score (nSPS) is 8.00. The Balaban J connectivity index is 0. The van der Waals surface area contributed by atoms with Gasteiger partial charge in [0.25, 0.3) is 0 Å². The van der Waals surface area contributed by atoms with E-state index in [0.717, 1.165) is 25.9 Å². The molecule has 2 nitrogen and oxygen atoms in total. The van der Waals surface area contributed by atoms with Gasteiger partial charge in [-0.1, -0.05) is 0 Å². The van der Waals surface area contributed by atoms with Gasteiger partial charge in [-0.2, -0.15) is 0 Å². The van der Waals surface area contributed by atoms with Crippen LogP contribution in [-0.2, 0) is 0 Å². The van der Waals surface area contributed by atoms with Crippen LogP contribution in [-0.4, -0.2) is 32.5 Å². The molecule has 0 aromatic carbocycles. The summed E-state index contributed by atoms with van der Waals surface area (Å²) in [5.41, 5.74) is 10.3. The summed E-state index contributed by atoms with van der Waals surface area (Å²) < 4.78 is 0. The van der Waals surface area contributed by atoms with Crippen molar-refractivity contribution in [2.24, 2.45) is 11.5 Å². The van der Waals surface area contributed by atoms with Crippen LogP contribution in [0, 0.1) is 0 Å². The van der Waals surface area contributed by atoms with E-state index >= 15 is 0 Å². The van der Waals surface area contributed by atoms with E-state index in [2.05, 4.69) is 24.0 Å². The fourth-order valence-corrected chi connectivity index (χ4v) is 0.289. The van der Waals surface area contributed by atoms with Gasteiger partial charge in [0.15, 0.2) is 0 Å². The molecule has 0 amide bonds. The fourth-order valence-electron chi connectivity index (χ4n) is 0.289. The van der Waals surface area contributed by atoms with Crippen molar-refractivity contribution >= 4 is 43.4 Å². The quantitative estimate of drug-likeness (QED) is 0.493. The zero-order chi connectivity index (χ0) is 7.54. The maximum absolute atomic E-state index is 5.16. The predicted molar refractivity (Wildman–Crippen MR) is 51.0 cm³/mol. The zero-order valence-corrected chi connectivity index (χ0v) is 12.3. The summed E-state index contributed by atoms with van der Waals surface area (Å²) in [6.07, 6.45) is 2.13. The van der Waals surface area contributed by atoms with Gasteiger partial charge < -0.3 is 11.5 Å². The van der Waals surface area contributed by atoms with E-state index in [1.165, 1.54) is 0 Å². The summed E-state index contributed by atoms with van der Waals surface area (Å²) in [7, 11) is 0. The Kier molecular flexibility index (Phi) is 24.4. The molecule has 9 heavy (non-hydrogen) atoms. The van der Waals surface area contributed by atoms with Crippen LogP contribution in [0.1, 0.15) is 12.8 Å². The Bertz CT molecular complexity index is 35.7. The van der Waals surface area contributed by atoms with Crippen molar-refractivity contribution in [3.63, 3.8) is 0 Å². The Hall–Kier alpha value is 1.80. The molecule has 0 aliphatic heterocycles. The van der Waals surface area contributed by atoms with E-state index in [0.29, 0.717) is 0 Å². The third-order valence-corrected chi connectivity index (χ3v) is 0.658. The van der Waals surface area contributed by atoms with Crippen LogP contribution < -0.4 is 11.5 Å². The minimum atomic E-state index is -0.292. The maximum atomic E-state index is 5.16. The molecule has 0 atom stereocenters. The van der Waals surface area contributed by atoms with Crippen molar-refractivity contribution in [2.75, 3.05) is 13.1 Å². The molecular formula is C4H12Br2N2Pb. The summed E-state index contributed by atoms with van der Waals surface area (Å²) in [4.78, 5) is 0. The number of halogens is 2. The number of hydrogen-bond donors (Lipinski definition) is 2. The van der Waals surface area contributed by atoms with E-state index in [-0.39, 0.29) is 19.4 Å². The molecule has 4 N–H and O–H groups in total. The Morgan fingerprint density at radius 2 is 1.22 bits per heavy atom. The molecule has 0 aromatic heterocycles. The van der Waals surface area contributed by atoms with Gasteiger partial charge >= 0.3 is 43.4 Å². The second kappa shape index (κ2) is 16.4. The number of unbranched alkanes of at least 4 members (excludes halogenated alkanes) is 1. The van der Waals surface area contributed by atoms with Gasteiger partial charge in [-0.15, -0.1) is 0 Å². The monoisotopic (exact) mass is 454 g/mol. The Morgan fingerprint density at radius 3 is 1.33 bits per heavy atom. The van der Waals surface area contributed by atoms with Crippen LogP contribution in [0.3, 0.4) is 0 Å². The second-order valence-electron chi connectivity index (χ2n) is 1.36. The molecule has 0 unspecified atom stereocenters. The van der Waals surface area contributed by atoms with Crippen molar-refractivity contribution in [1.82, 2.24) is 0 Å². The summed E-state index contributed by atoms with van der Waals surface area (Å²) >= 11 is 6.22. The molecule has 0 rings (SSSR count). The van der Waals surface area contributed by atoms with Crippen molar-refractivity contribution in [3.8, 4) is 0 Å². The first-order valence-corrected chi connectivity index (χ1v) is 19.6. The molecule has 0 aliphatic carbocycles. The van der Waals surface area contributed by atoms with Crippen molar-refractivity contribution in [1.29, 1.82) is 0 Å². The average Bonchev–Trinajstić information content (AvgIpc) is 1.86. The van der Waals surface area contributed by atoms with E-state index in [1.807, 2.05) is 0 Å². The van der Waals surface area contributed by atoms with Crippen LogP contribution in [0.2, 0.25) is 0 Å². The van der Waals surface area contributed by atoms with Gasteiger partial charge in [0.1, 0.15) is 0 Å². The average molecular weight is 455 g/mol. The third-order valence-electron chi connectivity index (χ3n) is 0.658. The van der Waals surface area contributed by atoms with Crippen molar-refractivity contribution in [3.05, 3.63) is 0 Å².